The van der Waals surface area contributed by atoms with Crippen molar-refractivity contribution < 1.29 is 23.0 Å². The maximum atomic E-state index is 13.2. The second-order valence-electron chi connectivity index (χ2n) is 6.39. The van der Waals surface area contributed by atoms with Crippen molar-refractivity contribution in [1.29, 1.82) is 0 Å². The molecule has 1 aromatic carbocycles. The van der Waals surface area contributed by atoms with Gasteiger partial charge in [0, 0.05) is 24.9 Å². The maximum Gasteiger partial charge on any atom is 0.262 e. The minimum absolute atomic E-state index is 0. The largest absolute Gasteiger partial charge is 0.490 e. The maximum absolute atomic E-state index is 13.2. The number of benzene rings is 1. The average Bonchev–Trinajstić information content (AvgIpc) is 2.91. The zero-order valence-electron chi connectivity index (χ0n) is 14.0. The van der Waals surface area contributed by atoms with Gasteiger partial charge in [-0.1, -0.05) is 0 Å². The van der Waals surface area contributed by atoms with Gasteiger partial charge >= 0.3 is 0 Å². The zero-order valence-corrected chi connectivity index (χ0v) is 14.8. The van der Waals surface area contributed by atoms with E-state index in [9.17, 15) is 13.6 Å². The molecule has 2 aliphatic heterocycles. The van der Waals surface area contributed by atoms with Crippen LogP contribution in [-0.4, -0.2) is 43.7 Å². The standard InChI is InChI=1S/C17H22F2N2O3.ClH/c1-11-8-12(21-16(22)14-9-17(18,19)10-20-14)2-3-15(11)24-13-4-6-23-7-5-13;/h2-3,8,13-14,20H,4-7,9-10H2,1H3,(H,21,22);1H. The number of anilines is 1. The summed E-state index contributed by atoms with van der Waals surface area (Å²) in [6, 6.07) is 4.46. The van der Waals surface area contributed by atoms with Gasteiger partial charge in [0.1, 0.15) is 11.9 Å². The van der Waals surface area contributed by atoms with Gasteiger partial charge in [0.05, 0.1) is 25.8 Å². The molecular formula is C17H23ClF2N2O3. The Morgan fingerprint density at radius 3 is 2.68 bits per heavy atom. The Morgan fingerprint density at radius 1 is 1.36 bits per heavy atom. The number of rotatable bonds is 4. The van der Waals surface area contributed by atoms with Crippen molar-refractivity contribution in [3.63, 3.8) is 0 Å². The summed E-state index contributed by atoms with van der Waals surface area (Å²) >= 11 is 0. The van der Waals surface area contributed by atoms with Crippen LogP contribution in [0.2, 0.25) is 0 Å². The molecule has 0 radical (unpaired) electrons. The van der Waals surface area contributed by atoms with Gasteiger partial charge in [0.2, 0.25) is 5.91 Å². The molecule has 1 aromatic rings. The van der Waals surface area contributed by atoms with Crippen LogP contribution in [0.1, 0.15) is 24.8 Å². The van der Waals surface area contributed by atoms with E-state index in [0.29, 0.717) is 18.9 Å². The van der Waals surface area contributed by atoms with Crippen molar-refractivity contribution >= 4 is 24.0 Å². The normalized spacial score (nSPS) is 22.9. The number of carbonyl (C=O) groups is 1. The summed E-state index contributed by atoms with van der Waals surface area (Å²) in [7, 11) is 0. The molecule has 25 heavy (non-hydrogen) atoms. The van der Waals surface area contributed by atoms with Crippen LogP contribution in [0.5, 0.6) is 5.75 Å². The third kappa shape index (κ3) is 5.26. The second kappa shape index (κ2) is 8.29. The Kier molecular flexibility index (Phi) is 6.59. The predicted molar refractivity (Wildman–Crippen MR) is 92.9 cm³/mol. The molecule has 2 fully saturated rings. The molecule has 0 aliphatic carbocycles. The molecule has 8 heteroatoms. The minimum Gasteiger partial charge on any atom is -0.490 e. The Balaban J connectivity index is 0.00000225. The molecule has 5 nitrogen and oxygen atoms in total. The van der Waals surface area contributed by atoms with Crippen molar-refractivity contribution in [2.75, 3.05) is 25.1 Å². The molecule has 0 aromatic heterocycles. The van der Waals surface area contributed by atoms with Gasteiger partial charge in [0.25, 0.3) is 5.92 Å². The molecule has 2 N–H and O–H groups in total. The number of nitrogens with one attached hydrogen (secondary N) is 2. The summed E-state index contributed by atoms with van der Waals surface area (Å²) in [6.07, 6.45) is 1.39. The highest BCUT2D eigenvalue weighted by Crippen LogP contribution is 2.27. The topological polar surface area (TPSA) is 59.6 Å². The molecule has 0 spiro atoms. The van der Waals surface area contributed by atoms with Crippen LogP contribution in [0.3, 0.4) is 0 Å². The molecular weight excluding hydrogens is 354 g/mol. The number of alkyl halides is 2. The van der Waals surface area contributed by atoms with E-state index in [-0.39, 0.29) is 18.5 Å². The highest BCUT2D eigenvalue weighted by Gasteiger charge is 2.42. The number of ether oxygens (including phenoxy) is 2. The van der Waals surface area contributed by atoms with Crippen LogP contribution in [0.15, 0.2) is 18.2 Å². The Bertz CT molecular complexity index is 610. The highest BCUT2D eigenvalue weighted by molar-refractivity contribution is 5.95. The Hall–Kier alpha value is -1.44. The predicted octanol–water partition coefficient (Wildman–Crippen LogP) is 2.91. The van der Waals surface area contributed by atoms with E-state index in [1.165, 1.54) is 0 Å². The van der Waals surface area contributed by atoms with E-state index in [2.05, 4.69) is 10.6 Å². The summed E-state index contributed by atoms with van der Waals surface area (Å²) in [4.78, 5) is 12.1. The van der Waals surface area contributed by atoms with Gasteiger partial charge in [-0.3, -0.25) is 10.1 Å². The molecule has 3 rings (SSSR count). The van der Waals surface area contributed by atoms with Crippen LogP contribution in [0.25, 0.3) is 0 Å². The first-order valence-electron chi connectivity index (χ1n) is 8.20. The number of hydrogen-bond acceptors (Lipinski definition) is 4. The molecule has 2 saturated heterocycles. The summed E-state index contributed by atoms with van der Waals surface area (Å²) < 4.78 is 37.6. The summed E-state index contributed by atoms with van der Waals surface area (Å²) in [6.45, 7) is 2.85. The van der Waals surface area contributed by atoms with E-state index in [1.54, 1.807) is 18.2 Å². The molecule has 140 valence electrons. The lowest BCUT2D eigenvalue weighted by Crippen LogP contribution is -2.35. The van der Waals surface area contributed by atoms with Gasteiger partial charge in [-0.15, -0.1) is 12.4 Å². The summed E-state index contributed by atoms with van der Waals surface area (Å²) in [5.74, 6) is -2.49. The monoisotopic (exact) mass is 376 g/mol. The highest BCUT2D eigenvalue weighted by atomic mass is 35.5. The van der Waals surface area contributed by atoms with E-state index < -0.39 is 30.8 Å². The second-order valence-corrected chi connectivity index (χ2v) is 6.39. The van der Waals surface area contributed by atoms with Gasteiger partial charge < -0.3 is 14.8 Å². The van der Waals surface area contributed by atoms with E-state index in [1.807, 2.05) is 6.92 Å². The zero-order chi connectivity index (χ0) is 17.2. The van der Waals surface area contributed by atoms with Crippen LogP contribution in [0.4, 0.5) is 14.5 Å². The van der Waals surface area contributed by atoms with Crippen molar-refractivity contribution in [2.24, 2.45) is 0 Å². The Labute approximate surface area is 151 Å². The first kappa shape index (κ1) is 19.9. The smallest absolute Gasteiger partial charge is 0.262 e. The van der Waals surface area contributed by atoms with Gasteiger partial charge in [-0.25, -0.2) is 8.78 Å². The molecule has 1 atom stereocenters. The lowest BCUT2D eigenvalue weighted by atomic mass is 10.1. The van der Waals surface area contributed by atoms with Crippen LogP contribution < -0.4 is 15.4 Å². The third-order valence-corrected chi connectivity index (χ3v) is 4.33. The van der Waals surface area contributed by atoms with Crippen molar-refractivity contribution in [2.45, 2.75) is 44.3 Å². The van der Waals surface area contributed by atoms with Crippen LogP contribution in [-0.2, 0) is 9.53 Å². The van der Waals surface area contributed by atoms with Crippen molar-refractivity contribution in [1.82, 2.24) is 5.32 Å². The number of aryl methyl sites for hydroxylation is 1. The van der Waals surface area contributed by atoms with E-state index >= 15 is 0 Å². The average molecular weight is 377 g/mol. The van der Waals surface area contributed by atoms with E-state index in [4.69, 9.17) is 9.47 Å². The van der Waals surface area contributed by atoms with Crippen LogP contribution >= 0.6 is 12.4 Å². The SMILES string of the molecule is Cc1cc(NC(=O)C2CC(F)(F)CN2)ccc1OC1CCOCC1.Cl. The van der Waals surface area contributed by atoms with Crippen molar-refractivity contribution in [3.8, 4) is 5.75 Å². The number of amides is 1. The fourth-order valence-corrected chi connectivity index (χ4v) is 2.96. The molecule has 1 unspecified atom stereocenters. The molecule has 1 amide bonds. The summed E-state index contributed by atoms with van der Waals surface area (Å²) in [5.41, 5.74) is 1.47. The third-order valence-electron chi connectivity index (χ3n) is 4.33. The minimum atomic E-state index is -2.82. The molecule has 0 saturated carbocycles. The molecule has 2 heterocycles. The quantitative estimate of drug-likeness (QED) is 0.848. The first-order valence-corrected chi connectivity index (χ1v) is 8.20. The lowest BCUT2D eigenvalue weighted by molar-refractivity contribution is -0.118. The Morgan fingerprint density at radius 2 is 2.08 bits per heavy atom. The number of carbonyl (C=O) groups excluding carboxylic acids is 1. The van der Waals surface area contributed by atoms with Crippen LogP contribution in [0, 0.1) is 6.92 Å². The van der Waals surface area contributed by atoms with E-state index in [0.717, 1.165) is 24.2 Å². The van der Waals surface area contributed by atoms with Gasteiger partial charge in [-0.05, 0) is 30.7 Å². The number of halogens is 3. The molecule has 2 aliphatic rings. The molecule has 0 bridgehead atoms. The van der Waals surface area contributed by atoms with Gasteiger partial charge in [0.15, 0.2) is 0 Å². The van der Waals surface area contributed by atoms with Gasteiger partial charge in [-0.2, -0.15) is 0 Å². The number of hydrogen-bond donors (Lipinski definition) is 2. The lowest BCUT2D eigenvalue weighted by Gasteiger charge is -2.24. The summed E-state index contributed by atoms with van der Waals surface area (Å²) in [5, 5.41) is 5.23. The van der Waals surface area contributed by atoms with Crippen molar-refractivity contribution in [3.05, 3.63) is 23.8 Å². The fraction of sp³-hybridized carbons (Fsp3) is 0.588. The first-order chi connectivity index (χ1) is 11.4. The fourth-order valence-electron chi connectivity index (χ4n) is 2.96.